The molecule has 1 aromatic heterocycles. The normalized spacial score (nSPS) is 9.65. The van der Waals surface area contributed by atoms with Gasteiger partial charge in [-0.2, -0.15) is 5.26 Å². The number of rotatable bonds is 5. The van der Waals surface area contributed by atoms with Gasteiger partial charge in [-0.1, -0.05) is 0 Å². The molecular formula is C15H15N3O2. The quantitative estimate of drug-likeness (QED) is 0.903. The van der Waals surface area contributed by atoms with Crippen molar-refractivity contribution in [3.05, 3.63) is 47.7 Å². The lowest BCUT2D eigenvalue weighted by Gasteiger charge is -2.11. The van der Waals surface area contributed by atoms with E-state index in [4.69, 9.17) is 14.7 Å². The molecule has 5 nitrogen and oxygen atoms in total. The van der Waals surface area contributed by atoms with E-state index in [-0.39, 0.29) is 0 Å². The third-order valence-corrected chi connectivity index (χ3v) is 2.77. The lowest BCUT2D eigenvalue weighted by Crippen LogP contribution is -2.00. The Morgan fingerprint density at radius 1 is 1.25 bits per heavy atom. The van der Waals surface area contributed by atoms with E-state index in [0.29, 0.717) is 23.7 Å². The average molecular weight is 269 g/mol. The Labute approximate surface area is 117 Å². The summed E-state index contributed by atoms with van der Waals surface area (Å²) in [5.74, 6) is 1.94. The van der Waals surface area contributed by atoms with Crippen LogP contribution in [0.25, 0.3) is 0 Å². The monoisotopic (exact) mass is 269 g/mol. The minimum atomic E-state index is 0.402. The van der Waals surface area contributed by atoms with Gasteiger partial charge in [0.05, 0.1) is 18.7 Å². The van der Waals surface area contributed by atoms with Crippen molar-refractivity contribution in [1.29, 1.82) is 5.26 Å². The molecule has 1 heterocycles. The lowest BCUT2D eigenvalue weighted by molar-refractivity contribution is 0.284. The van der Waals surface area contributed by atoms with Crippen molar-refractivity contribution in [2.45, 2.75) is 6.61 Å². The van der Waals surface area contributed by atoms with E-state index < -0.39 is 0 Å². The summed E-state index contributed by atoms with van der Waals surface area (Å²) in [4.78, 5) is 4.14. The van der Waals surface area contributed by atoms with E-state index in [9.17, 15) is 0 Å². The summed E-state index contributed by atoms with van der Waals surface area (Å²) in [6.07, 6.45) is 1.72. The van der Waals surface area contributed by atoms with Gasteiger partial charge in [0, 0.05) is 19.3 Å². The predicted octanol–water partition coefficient (Wildman–Crippen LogP) is 2.58. The maximum absolute atomic E-state index is 8.85. The van der Waals surface area contributed by atoms with E-state index in [1.54, 1.807) is 31.5 Å². The van der Waals surface area contributed by atoms with Crippen molar-refractivity contribution >= 4 is 5.82 Å². The summed E-state index contributed by atoms with van der Waals surface area (Å²) < 4.78 is 10.9. The van der Waals surface area contributed by atoms with E-state index in [2.05, 4.69) is 16.4 Å². The average Bonchev–Trinajstić information content (AvgIpc) is 2.52. The molecule has 102 valence electrons. The fourth-order valence-electron chi connectivity index (χ4n) is 1.72. The molecule has 0 aliphatic heterocycles. The van der Waals surface area contributed by atoms with Crippen LogP contribution >= 0.6 is 0 Å². The van der Waals surface area contributed by atoms with Crippen LogP contribution in [0.1, 0.15) is 11.1 Å². The molecule has 0 unspecified atom stereocenters. The third kappa shape index (κ3) is 3.18. The first-order valence-corrected chi connectivity index (χ1v) is 6.10. The fourth-order valence-corrected chi connectivity index (χ4v) is 1.72. The number of anilines is 1. The molecule has 0 radical (unpaired) electrons. The van der Waals surface area contributed by atoms with Crippen molar-refractivity contribution < 1.29 is 9.47 Å². The Morgan fingerprint density at radius 3 is 2.80 bits per heavy atom. The van der Waals surface area contributed by atoms with Gasteiger partial charge >= 0.3 is 0 Å². The summed E-state index contributed by atoms with van der Waals surface area (Å²) in [6.45, 7) is 0.402. The number of nitriles is 1. The first-order valence-electron chi connectivity index (χ1n) is 6.10. The van der Waals surface area contributed by atoms with Crippen LogP contribution in [0, 0.1) is 11.3 Å². The lowest BCUT2D eigenvalue weighted by atomic mass is 10.2. The van der Waals surface area contributed by atoms with Gasteiger partial charge in [0.15, 0.2) is 11.5 Å². The van der Waals surface area contributed by atoms with Gasteiger partial charge in [0.2, 0.25) is 0 Å². The van der Waals surface area contributed by atoms with Crippen LogP contribution in [0.3, 0.4) is 0 Å². The van der Waals surface area contributed by atoms with E-state index in [1.807, 2.05) is 19.2 Å². The molecule has 0 fully saturated rings. The van der Waals surface area contributed by atoms with Gasteiger partial charge in [-0.05, 0) is 29.8 Å². The highest BCUT2D eigenvalue weighted by Crippen LogP contribution is 2.28. The zero-order chi connectivity index (χ0) is 14.4. The van der Waals surface area contributed by atoms with Gasteiger partial charge in [-0.25, -0.2) is 4.98 Å². The highest BCUT2D eigenvalue weighted by molar-refractivity contribution is 5.47. The Kier molecular flexibility index (Phi) is 4.40. The van der Waals surface area contributed by atoms with Crippen molar-refractivity contribution in [3.8, 4) is 17.6 Å². The summed E-state index contributed by atoms with van der Waals surface area (Å²) in [7, 11) is 3.37. The van der Waals surface area contributed by atoms with E-state index in [0.717, 1.165) is 11.4 Å². The molecule has 0 atom stereocenters. The van der Waals surface area contributed by atoms with Gasteiger partial charge in [-0.3, -0.25) is 0 Å². The van der Waals surface area contributed by atoms with Gasteiger partial charge < -0.3 is 14.8 Å². The number of benzene rings is 1. The van der Waals surface area contributed by atoms with Gasteiger partial charge in [-0.15, -0.1) is 0 Å². The highest BCUT2D eigenvalue weighted by atomic mass is 16.5. The second-order valence-corrected chi connectivity index (χ2v) is 4.07. The first kappa shape index (κ1) is 13.7. The molecule has 0 amide bonds. The topological polar surface area (TPSA) is 67.2 Å². The predicted molar refractivity (Wildman–Crippen MR) is 75.8 cm³/mol. The van der Waals surface area contributed by atoms with Gasteiger partial charge in [0.1, 0.15) is 12.4 Å². The molecule has 5 heteroatoms. The summed E-state index contributed by atoms with van der Waals surface area (Å²) in [6, 6.07) is 10.9. The Balaban J connectivity index is 2.12. The maximum Gasteiger partial charge on any atom is 0.162 e. The molecule has 20 heavy (non-hydrogen) atoms. The minimum absolute atomic E-state index is 0.402. The van der Waals surface area contributed by atoms with Crippen LogP contribution in [0.2, 0.25) is 0 Å². The second-order valence-electron chi connectivity index (χ2n) is 4.07. The van der Waals surface area contributed by atoms with E-state index >= 15 is 0 Å². The van der Waals surface area contributed by atoms with Crippen molar-refractivity contribution in [3.63, 3.8) is 0 Å². The number of hydrogen-bond acceptors (Lipinski definition) is 5. The number of nitrogens with zero attached hydrogens (tertiary/aromatic N) is 2. The molecule has 0 aliphatic carbocycles. The zero-order valence-electron chi connectivity index (χ0n) is 11.4. The molecule has 0 aliphatic rings. The molecule has 0 spiro atoms. The zero-order valence-corrected chi connectivity index (χ0v) is 11.4. The Morgan fingerprint density at radius 2 is 2.10 bits per heavy atom. The minimum Gasteiger partial charge on any atom is -0.493 e. The number of pyridine rings is 1. The molecule has 0 bridgehead atoms. The largest absolute Gasteiger partial charge is 0.493 e. The van der Waals surface area contributed by atoms with Crippen molar-refractivity contribution in [1.82, 2.24) is 4.98 Å². The molecule has 2 rings (SSSR count). The molecule has 0 saturated carbocycles. The number of ether oxygens (including phenoxy) is 2. The molecule has 1 N–H and O–H groups in total. The van der Waals surface area contributed by atoms with Crippen LogP contribution in [0.4, 0.5) is 5.82 Å². The molecule has 2 aromatic rings. The standard InChI is InChI=1S/C15H15N3O2/c1-17-15-8-12(5-6-18-15)10-20-13-4-3-11(9-16)7-14(13)19-2/h3-8H,10H2,1-2H3,(H,17,18). The van der Waals surface area contributed by atoms with Crippen LogP contribution in [-0.4, -0.2) is 19.1 Å². The Hall–Kier alpha value is -2.74. The second kappa shape index (κ2) is 6.43. The smallest absolute Gasteiger partial charge is 0.162 e. The number of aromatic nitrogens is 1. The number of hydrogen-bond donors (Lipinski definition) is 1. The number of nitrogens with one attached hydrogen (secondary N) is 1. The fraction of sp³-hybridized carbons (Fsp3) is 0.200. The van der Waals surface area contributed by atoms with Crippen molar-refractivity contribution in [2.24, 2.45) is 0 Å². The van der Waals surface area contributed by atoms with Gasteiger partial charge in [0.25, 0.3) is 0 Å². The Bertz CT molecular complexity index is 635. The van der Waals surface area contributed by atoms with Crippen molar-refractivity contribution in [2.75, 3.05) is 19.5 Å². The van der Waals surface area contributed by atoms with Crippen LogP contribution in [0.5, 0.6) is 11.5 Å². The summed E-state index contributed by atoms with van der Waals surface area (Å²) in [5.41, 5.74) is 1.53. The molecule has 0 saturated heterocycles. The number of methoxy groups -OCH3 is 1. The summed E-state index contributed by atoms with van der Waals surface area (Å²) >= 11 is 0. The molecular weight excluding hydrogens is 254 g/mol. The highest BCUT2D eigenvalue weighted by Gasteiger charge is 2.06. The SMILES string of the molecule is CNc1cc(COc2ccc(C#N)cc2OC)ccn1. The van der Waals surface area contributed by atoms with Crippen LogP contribution in [0.15, 0.2) is 36.5 Å². The van der Waals surface area contributed by atoms with Crippen LogP contribution in [-0.2, 0) is 6.61 Å². The summed E-state index contributed by atoms with van der Waals surface area (Å²) in [5, 5.41) is 11.8. The van der Waals surface area contributed by atoms with Crippen LogP contribution < -0.4 is 14.8 Å². The van der Waals surface area contributed by atoms with E-state index in [1.165, 1.54) is 0 Å². The molecule has 1 aromatic carbocycles. The third-order valence-electron chi connectivity index (χ3n) is 2.77. The maximum atomic E-state index is 8.85. The first-order chi connectivity index (χ1) is 9.76.